The molecule has 2 N–H and O–H groups in total. The first-order valence-electron chi connectivity index (χ1n) is 11.1. The van der Waals surface area contributed by atoms with E-state index < -0.39 is 17.8 Å². The highest BCUT2D eigenvalue weighted by Crippen LogP contribution is 2.37. The van der Waals surface area contributed by atoms with Gasteiger partial charge in [-0.2, -0.15) is 0 Å². The molecule has 2 aromatic rings. The molecule has 2 atom stereocenters. The van der Waals surface area contributed by atoms with Gasteiger partial charge in [-0.15, -0.1) is 0 Å². The molecule has 1 aliphatic carbocycles. The average molecular weight is 450 g/mol. The van der Waals surface area contributed by atoms with Crippen LogP contribution in [0.4, 0.5) is 4.39 Å². The molecule has 1 unspecified atom stereocenters. The van der Waals surface area contributed by atoms with E-state index >= 15 is 0 Å². The summed E-state index contributed by atoms with van der Waals surface area (Å²) in [5.41, 5.74) is 2.14. The van der Waals surface area contributed by atoms with Gasteiger partial charge >= 0.3 is 0 Å². The number of halogens is 1. The van der Waals surface area contributed by atoms with Crippen LogP contribution in [0.25, 0.3) is 0 Å². The molecule has 0 bridgehead atoms. The number of nitrogens with one attached hydrogen (secondary N) is 2. The minimum absolute atomic E-state index is 0.185. The van der Waals surface area contributed by atoms with Crippen LogP contribution in [0.2, 0.25) is 0 Å². The third kappa shape index (κ3) is 3.99. The zero-order chi connectivity index (χ0) is 23.1. The van der Waals surface area contributed by atoms with Crippen molar-refractivity contribution in [3.8, 4) is 0 Å². The van der Waals surface area contributed by atoms with Gasteiger partial charge in [0.15, 0.2) is 0 Å². The zero-order valence-corrected chi connectivity index (χ0v) is 17.8. The number of carbonyl (C=O) groups is 4. The zero-order valence-electron chi connectivity index (χ0n) is 17.8. The summed E-state index contributed by atoms with van der Waals surface area (Å²) < 4.78 is 13.3. The van der Waals surface area contributed by atoms with E-state index in [1.807, 2.05) is 0 Å². The molecule has 2 fully saturated rings. The molecule has 8 nitrogen and oxygen atoms in total. The van der Waals surface area contributed by atoms with Gasteiger partial charge in [0, 0.05) is 24.1 Å². The summed E-state index contributed by atoms with van der Waals surface area (Å²) in [4.78, 5) is 55.2. The molecule has 5 rings (SSSR count). The monoisotopic (exact) mass is 450 g/mol. The summed E-state index contributed by atoms with van der Waals surface area (Å²) in [5, 5.41) is 5.32. The summed E-state index contributed by atoms with van der Waals surface area (Å²) in [7, 11) is 0. The van der Waals surface area contributed by atoms with Gasteiger partial charge < -0.3 is 10.2 Å². The summed E-state index contributed by atoms with van der Waals surface area (Å²) in [6.45, 7) is 0.202. The minimum atomic E-state index is -0.701. The van der Waals surface area contributed by atoms with Crippen molar-refractivity contribution in [2.45, 2.75) is 50.7 Å². The van der Waals surface area contributed by atoms with Crippen molar-refractivity contribution in [2.24, 2.45) is 5.92 Å². The van der Waals surface area contributed by atoms with Gasteiger partial charge in [-0.3, -0.25) is 29.5 Å². The fraction of sp³-hybridized carbons (Fsp3) is 0.375. The number of nitrogens with zero attached hydrogens (tertiary/aromatic N) is 2. The molecule has 170 valence electrons. The molecule has 3 aliphatic rings. The highest BCUT2D eigenvalue weighted by Gasteiger charge is 2.39. The maximum absolute atomic E-state index is 13.3. The largest absolute Gasteiger partial charge is 0.343 e. The normalized spacial score (nSPS) is 21.3. The summed E-state index contributed by atoms with van der Waals surface area (Å²) >= 11 is 0. The van der Waals surface area contributed by atoms with E-state index in [1.165, 1.54) is 11.0 Å². The van der Waals surface area contributed by atoms with E-state index in [2.05, 4.69) is 15.6 Å². The second kappa shape index (κ2) is 8.38. The van der Waals surface area contributed by atoms with Gasteiger partial charge in [-0.1, -0.05) is 6.42 Å². The van der Waals surface area contributed by atoms with Crippen molar-refractivity contribution >= 4 is 23.6 Å². The van der Waals surface area contributed by atoms with E-state index in [0.29, 0.717) is 22.4 Å². The number of carbonyl (C=O) groups excluding carboxylic acids is 4. The Labute approximate surface area is 189 Å². The number of fused-ring (bicyclic) bond motifs is 1. The quantitative estimate of drug-likeness (QED) is 0.680. The van der Waals surface area contributed by atoms with Crippen LogP contribution in [-0.2, 0) is 16.1 Å². The van der Waals surface area contributed by atoms with E-state index in [4.69, 9.17) is 0 Å². The van der Waals surface area contributed by atoms with Crippen molar-refractivity contribution in [1.82, 2.24) is 20.5 Å². The summed E-state index contributed by atoms with van der Waals surface area (Å²) in [6, 6.07) is 6.78. The molecule has 9 heteroatoms. The third-order valence-corrected chi connectivity index (χ3v) is 6.76. The first-order chi connectivity index (χ1) is 15.9. The first kappa shape index (κ1) is 21.2. The third-order valence-electron chi connectivity index (χ3n) is 6.76. The first-order valence-corrected chi connectivity index (χ1v) is 11.1. The standard InChI is InChI=1S/C24H23FN4O4/c25-16-5-7-18(26-11-16)21(13-2-1-3-13)28-22(31)14-4-6-17-15(10-14)12-29(24(17)33)19-8-9-20(30)27-23(19)32/h4-7,10-11,13,19,21H,1-3,8-9,12H2,(H,28,31)(H,27,30,32)/t19?,21-/m0/s1. The Morgan fingerprint density at radius 3 is 2.64 bits per heavy atom. The van der Waals surface area contributed by atoms with Gasteiger partial charge in [0.1, 0.15) is 11.9 Å². The van der Waals surface area contributed by atoms with E-state index in [0.717, 1.165) is 25.5 Å². The number of imide groups is 1. The molecule has 1 saturated heterocycles. The summed E-state index contributed by atoms with van der Waals surface area (Å²) in [5.74, 6) is -1.58. The molecule has 0 radical (unpaired) electrons. The van der Waals surface area contributed by atoms with E-state index in [9.17, 15) is 23.6 Å². The topological polar surface area (TPSA) is 108 Å². The number of aromatic nitrogens is 1. The van der Waals surface area contributed by atoms with Gasteiger partial charge in [0.2, 0.25) is 11.8 Å². The van der Waals surface area contributed by atoms with Crippen LogP contribution in [0.15, 0.2) is 36.5 Å². The average Bonchev–Trinajstić information content (AvgIpc) is 3.08. The van der Waals surface area contributed by atoms with Crippen molar-refractivity contribution < 1.29 is 23.6 Å². The molecule has 4 amide bonds. The number of pyridine rings is 1. The maximum atomic E-state index is 13.3. The molecule has 0 spiro atoms. The van der Waals surface area contributed by atoms with Crippen molar-refractivity contribution in [3.05, 3.63) is 64.7 Å². The molecule has 1 aromatic carbocycles. The Morgan fingerprint density at radius 1 is 1.15 bits per heavy atom. The van der Waals surface area contributed by atoms with Gasteiger partial charge in [0.25, 0.3) is 11.8 Å². The number of piperidine rings is 1. The lowest BCUT2D eigenvalue weighted by Gasteiger charge is -2.34. The Kier molecular flexibility index (Phi) is 5.39. The van der Waals surface area contributed by atoms with Crippen LogP contribution in [0.1, 0.15) is 70.1 Å². The highest BCUT2D eigenvalue weighted by atomic mass is 19.1. The Hall–Kier alpha value is -3.62. The fourth-order valence-corrected chi connectivity index (χ4v) is 4.72. The lowest BCUT2D eigenvalue weighted by molar-refractivity contribution is -0.136. The predicted molar refractivity (Wildman–Crippen MR) is 114 cm³/mol. The Balaban J connectivity index is 1.34. The molecule has 2 aliphatic heterocycles. The maximum Gasteiger partial charge on any atom is 0.255 e. The lowest BCUT2D eigenvalue weighted by atomic mass is 9.78. The van der Waals surface area contributed by atoms with Crippen molar-refractivity contribution in [1.29, 1.82) is 0 Å². The van der Waals surface area contributed by atoms with Crippen LogP contribution in [-0.4, -0.2) is 39.6 Å². The van der Waals surface area contributed by atoms with Crippen molar-refractivity contribution in [3.63, 3.8) is 0 Å². The van der Waals surface area contributed by atoms with Crippen LogP contribution in [0, 0.1) is 11.7 Å². The van der Waals surface area contributed by atoms with Crippen LogP contribution in [0.5, 0.6) is 0 Å². The number of hydrogen-bond acceptors (Lipinski definition) is 5. The van der Waals surface area contributed by atoms with Gasteiger partial charge in [-0.05, 0) is 61.1 Å². The van der Waals surface area contributed by atoms with Crippen LogP contribution < -0.4 is 10.6 Å². The smallest absolute Gasteiger partial charge is 0.255 e. The Bertz CT molecular complexity index is 1150. The second-order valence-electron chi connectivity index (χ2n) is 8.82. The molecular formula is C24H23FN4O4. The Morgan fingerprint density at radius 2 is 1.97 bits per heavy atom. The number of hydrogen-bond donors (Lipinski definition) is 2. The molecule has 33 heavy (non-hydrogen) atoms. The highest BCUT2D eigenvalue weighted by molar-refractivity contribution is 6.06. The van der Waals surface area contributed by atoms with Crippen molar-refractivity contribution in [2.75, 3.05) is 0 Å². The molecular weight excluding hydrogens is 427 g/mol. The summed E-state index contributed by atoms with van der Waals surface area (Å²) in [6.07, 6.45) is 4.62. The van der Waals surface area contributed by atoms with Crippen LogP contribution >= 0.6 is 0 Å². The molecule has 1 aromatic heterocycles. The van der Waals surface area contributed by atoms with E-state index in [-0.39, 0.29) is 49.1 Å². The molecule has 3 heterocycles. The molecule has 1 saturated carbocycles. The minimum Gasteiger partial charge on any atom is -0.343 e. The lowest BCUT2D eigenvalue weighted by Crippen LogP contribution is -2.52. The predicted octanol–water partition coefficient (Wildman–Crippen LogP) is 2.25. The van der Waals surface area contributed by atoms with Crippen LogP contribution in [0.3, 0.4) is 0 Å². The fourth-order valence-electron chi connectivity index (χ4n) is 4.72. The number of rotatable bonds is 5. The number of amides is 4. The SMILES string of the molecule is O=C1CCC(N2Cc3cc(C(=O)N[C@H](c4ccc(F)cn4)C4CCC4)ccc3C2=O)C(=O)N1. The van der Waals surface area contributed by atoms with Gasteiger partial charge in [-0.25, -0.2) is 4.39 Å². The number of benzene rings is 1. The second-order valence-corrected chi connectivity index (χ2v) is 8.82. The van der Waals surface area contributed by atoms with E-state index in [1.54, 1.807) is 24.3 Å². The van der Waals surface area contributed by atoms with Gasteiger partial charge in [0.05, 0.1) is 17.9 Å².